The van der Waals surface area contributed by atoms with Gasteiger partial charge in [-0.25, -0.2) is 4.79 Å². The molecule has 0 saturated carbocycles. The van der Waals surface area contributed by atoms with Gasteiger partial charge in [-0.15, -0.1) is 0 Å². The first kappa shape index (κ1) is 19.3. The Kier molecular flexibility index (Phi) is 6.45. The fraction of sp³-hybridized carbons (Fsp3) is 0.611. The molecule has 1 fully saturated rings. The summed E-state index contributed by atoms with van der Waals surface area (Å²) in [5, 5.41) is 3.25. The molecule has 0 unspecified atom stereocenters. The number of likely N-dealkylation sites (tertiary alicyclic amines) is 1. The molecular formula is C18H26F2N2O3. The van der Waals surface area contributed by atoms with Crippen LogP contribution in [-0.2, 0) is 4.74 Å². The normalized spacial score (nSPS) is 16.0. The third kappa shape index (κ3) is 6.76. The molecule has 1 saturated heterocycles. The third-order valence-electron chi connectivity index (χ3n) is 3.92. The Morgan fingerprint density at radius 3 is 2.60 bits per heavy atom. The molecule has 1 amide bonds. The Labute approximate surface area is 147 Å². The molecular weight excluding hydrogens is 330 g/mol. The number of benzene rings is 1. The van der Waals surface area contributed by atoms with E-state index in [1.54, 1.807) is 17.0 Å². The fourth-order valence-electron chi connectivity index (χ4n) is 2.69. The summed E-state index contributed by atoms with van der Waals surface area (Å²) >= 11 is 0. The van der Waals surface area contributed by atoms with Crippen molar-refractivity contribution in [2.75, 3.05) is 25.0 Å². The Hall–Kier alpha value is -2.05. The average Bonchev–Trinajstić information content (AvgIpc) is 2.51. The van der Waals surface area contributed by atoms with Crippen molar-refractivity contribution in [2.45, 2.75) is 45.8 Å². The second-order valence-electron chi connectivity index (χ2n) is 7.20. The highest BCUT2D eigenvalue weighted by molar-refractivity contribution is 5.68. The molecule has 7 heteroatoms. The third-order valence-corrected chi connectivity index (χ3v) is 3.92. The zero-order chi connectivity index (χ0) is 18.4. The van der Waals surface area contributed by atoms with Gasteiger partial charge in [-0.1, -0.05) is 6.07 Å². The first-order valence-corrected chi connectivity index (χ1v) is 8.49. The predicted octanol–water partition coefficient (Wildman–Crippen LogP) is 4.35. The SMILES string of the molecule is CC(C)(C)OC(=O)N1CCC(CNc2cccc(OC(F)F)c2)CC1. The van der Waals surface area contributed by atoms with Crippen LogP contribution in [0.15, 0.2) is 24.3 Å². The number of carbonyl (C=O) groups excluding carboxylic acids is 1. The smallest absolute Gasteiger partial charge is 0.410 e. The Morgan fingerprint density at radius 1 is 1.32 bits per heavy atom. The number of piperidine rings is 1. The summed E-state index contributed by atoms with van der Waals surface area (Å²) in [4.78, 5) is 13.8. The van der Waals surface area contributed by atoms with Crippen LogP contribution in [0.3, 0.4) is 0 Å². The molecule has 2 rings (SSSR count). The maximum atomic E-state index is 12.2. The van der Waals surface area contributed by atoms with E-state index in [1.165, 1.54) is 6.07 Å². The Bertz CT molecular complexity index is 568. The van der Waals surface area contributed by atoms with Gasteiger partial charge in [0.15, 0.2) is 0 Å². The number of halogens is 2. The zero-order valence-electron chi connectivity index (χ0n) is 14.9. The summed E-state index contributed by atoms with van der Waals surface area (Å²) in [5.41, 5.74) is 0.258. The van der Waals surface area contributed by atoms with Crippen LogP contribution in [0.25, 0.3) is 0 Å². The van der Waals surface area contributed by atoms with E-state index >= 15 is 0 Å². The van der Waals surface area contributed by atoms with Crippen LogP contribution >= 0.6 is 0 Å². The summed E-state index contributed by atoms with van der Waals surface area (Å²) in [6, 6.07) is 6.54. The van der Waals surface area contributed by atoms with Gasteiger partial charge in [-0.05, 0) is 51.7 Å². The van der Waals surface area contributed by atoms with Gasteiger partial charge in [-0.3, -0.25) is 0 Å². The number of nitrogens with zero attached hydrogens (tertiary/aromatic N) is 1. The van der Waals surface area contributed by atoms with E-state index in [0.29, 0.717) is 19.0 Å². The first-order chi connectivity index (χ1) is 11.7. The van der Waals surface area contributed by atoms with Gasteiger partial charge >= 0.3 is 12.7 Å². The van der Waals surface area contributed by atoms with E-state index in [0.717, 1.165) is 25.1 Å². The number of amides is 1. The number of alkyl halides is 2. The van der Waals surface area contributed by atoms with Crippen LogP contribution in [0.2, 0.25) is 0 Å². The molecule has 1 aromatic rings. The van der Waals surface area contributed by atoms with Crippen LogP contribution in [0, 0.1) is 5.92 Å². The molecule has 140 valence electrons. The van der Waals surface area contributed by atoms with Crippen molar-refractivity contribution >= 4 is 11.8 Å². The molecule has 0 bridgehead atoms. The highest BCUT2D eigenvalue weighted by Crippen LogP contribution is 2.23. The minimum atomic E-state index is -2.83. The molecule has 1 heterocycles. The maximum Gasteiger partial charge on any atom is 0.410 e. The van der Waals surface area contributed by atoms with Crippen LogP contribution in [0.5, 0.6) is 5.75 Å². The topological polar surface area (TPSA) is 50.8 Å². The summed E-state index contributed by atoms with van der Waals surface area (Å²) in [6.07, 6.45) is 1.48. The lowest BCUT2D eigenvalue weighted by molar-refractivity contribution is -0.0498. The number of ether oxygens (including phenoxy) is 2. The number of nitrogens with one attached hydrogen (secondary N) is 1. The number of hydrogen-bond acceptors (Lipinski definition) is 4. The molecule has 0 aromatic heterocycles. The maximum absolute atomic E-state index is 12.2. The number of carbonyl (C=O) groups is 1. The molecule has 5 nitrogen and oxygen atoms in total. The molecule has 0 radical (unpaired) electrons. The molecule has 0 spiro atoms. The van der Waals surface area contributed by atoms with Crippen LogP contribution in [0.4, 0.5) is 19.3 Å². The van der Waals surface area contributed by atoms with Gasteiger partial charge in [0.1, 0.15) is 11.4 Å². The quantitative estimate of drug-likeness (QED) is 0.852. The predicted molar refractivity (Wildman–Crippen MR) is 92.1 cm³/mol. The highest BCUT2D eigenvalue weighted by atomic mass is 19.3. The Morgan fingerprint density at radius 2 is 2.00 bits per heavy atom. The van der Waals surface area contributed by atoms with Gasteiger partial charge in [-0.2, -0.15) is 8.78 Å². The average molecular weight is 356 g/mol. The molecule has 1 aliphatic heterocycles. The monoisotopic (exact) mass is 356 g/mol. The van der Waals surface area contributed by atoms with Crippen molar-refractivity contribution in [3.8, 4) is 5.75 Å². The van der Waals surface area contributed by atoms with Crippen molar-refractivity contribution in [1.29, 1.82) is 0 Å². The lowest BCUT2D eigenvalue weighted by atomic mass is 9.97. The van der Waals surface area contributed by atoms with Crippen molar-refractivity contribution in [3.63, 3.8) is 0 Å². The van der Waals surface area contributed by atoms with Crippen LogP contribution in [-0.4, -0.2) is 42.8 Å². The molecule has 1 N–H and O–H groups in total. The van der Waals surface area contributed by atoms with E-state index < -0.39 is 12.2 Å². The summed E-state index contributed by atoms with van der Waals surface area (Å²) in [6.45, 7) is 4.78. The van der Waals surface area contributed by atoms with Crippen molar-refractivity contribution < 1.29 is 23.0 Å². The fourth-order valence-corrected chi connectivity index (χ4v) is 2.69. The first-order valence-electron chi connectivity index (χ1n) is 8.49. The highest BCUT2D eigenvalue weighted by Gasteiger charge is 2.26. The van der Waals surface area contributed by atoms with Gasteiger partial charge in [0.05, 0.1) is 0 Å². The van der Waals surface area contributed by atoms with Gasteiger partial charge in [0, 0.05) is 31.4 Å². The summed E-state index contributed by atoms with van der Waals surface area (Å²) in [7, 11) is 0. The minimum Gasteiger partial charge on any atom is -0.444 e. The van der Waals surface area contributed by atoms with Crippen LogP contribution in [0.1, 0.15) is 33.6 Å². The molecule has 1 aromatic carbocycles. The molecule has 0 aliphatic carbocycles. The van der Waals surface area contributed by atoms with E-state index in [2.05, 4.69) is 10.1 Å². The van der Waals surface area contributed by atoms with E-state index in [9.17, 15) is 13.6 Å². The largest absolute Gasteiger partial charge is 0.444 e. The molecule has 25 heavy (non-hydrogen) atoms. The van der Waals surface area contributed by atoms with Crippen molar-refractivity contribution in [1.82, 2.24) is 4.90 Å². The van der Waals surface area contributed by atoms with E-state index in [-0.39, 0.29) is 11.8 Å². The second kappa shape index (κ2) is 8.36. The van der Waals surface area contributed by atoms with Crippen LogP contribution < -0.4 is 10.1 Å². The van der Waals surface area contributed by atoms with Gasteiger partial charge in [0.25, 0.3) is 0 Å². The van der Waals surface area contributed by atoms with E-state index in [1.807, 2.05) is 26.8 Å². The molecule has 1 aliphatic rings. The van der Waals surface area contributed by atoms with E-state index in [4.69, 9.17) is 4.74 Å². The minimum absolute atomic E-state index is 0.139. The number of rotatable bonds is 5. The summed E-state index contributed by atoms with van der Waals surface area (Å²) in [5.74, 6) is 0.554. The van der Waals surface area contributed by atoms with Crippen molar-refractivity contribution in [3.05, 3.63) is 24.3 Å². The lowest BCUT2D eigenvalue weighted by Crippen LogP contribution is -2.42. The number of hydrogen-bond donors (Lipinski definition) is 1. The van der Waals surface area contributed by atoms with Crippen molar-refractivity contribution in [2.24, 2.45) is 5.92 Å². The van der Waals surface area contributed by atoms with Gasteiger partial charge in [0.2, 0.25) is 0 Å². The second-order valence-corrected chi connectivity index (χ2v) is 7.20. The Balaban J connectivity index is 1.76. The standard InChI is InChI=1S/C18H26F2N2O3/c1-18(2,3)25-17(23)22-9-7-13(8-10-22)12-21-14-5-4-6-15(11-14)24-16(19)20/h4-6,11,13,16,21H,7-10,12H2,1-3H3. The lowest BCUT2D eigenvalue weighted by Gasteiger charge is -2.33. The zero-order valence-corrected chi connectivity index (χ0v) is 14.9. The summed E-state index contributed by atoms with van der Waals surface area (Å²) < 4.78 is 34.3. The molecule has 0 atom stereocenters. The number of anilines is 1. The van der Waals surface area contributed by atoms with Gasteiger partial charge < -0.3 is 19.7 Å².